The minimum Gasteiger partial charge on any atom is -0.481 e. The Hall–Kier alpha value is -7.12. The molecule has 18 heteroatoms. The van der Waals surface area contributed by atoms with Crippen LogP contribution in [0, 0.1) is 13.8 Å². The highest BCUT2D eigenvalue weighted by Gasteiger charge is 2.17. The van der Waals surface area contributed by atoms with Crippen LogP contribution in [0.4, 0.5) is 0 Å². The van der Waals surface area contributed by atoms with Crippen LogP contribution in [0.5, 0.6) is 23.5 Å². The first-order chi connectivity index (χ1) is 31.0. The van der Waals surface area contributed by atoms with Crippen molar-refractivity contribution >= 4 is 11.9 Å². The average Bonchev–Trinajstić information content (AvgIpc) is 3.28. The van der Waals surface area contributed by atoms with E-state index in [1.807, 2.05) is 50.2 Å². The molecule has 0 amide bonds. The molecule has 4 heterocycles. The molecule has 0 spiro atoms. The van der Waals surface area contributed by atoms with Crippen LogP contribution in [-0.2, 0) is 49.1 Å². The van der Waals surface area contributed by atoms with Gasteiger partial charge in [0.15, 0.2) is 0 Å². The molecule has 334 valence electrons. The molecule has 0 unspecified atom stereocenters. The smallest absolute Gasteiger partial charge is 0.306 e. The first-order valence-corrected chi connectivity index (χ1v) is 20.4. The average molecular weight is 875 g/mol. The van der Waals surface area contributed by atoms with E-state index >= 15 is 0 Å². The van der Waals surface area contributed by atoms with E-state index in [9.17, 15) is 19.8 Å². The van der Waals surface area contributed by atoms with Gasteiger partial charge in [-0.3, -0.25) is 9.59 Å². The summed E-state index contributed by atoms with van der Waals surface area (Å²) in [6, 6.07) is 19.2. The van der Waals surface area contributed by atoms with Gasteiger partial charge in [0.05, 0.1) is 25.0 Å². The van der Waals surface area contributed by atoms with Crippen LogP contribution in [0.25, 0.3) is 11.1 Å². The minimum atomic E-state index is -1.08. The van der Waals surface area contributed by atoms with Gasteiger partial charge >= 0.3 is 11.9 Å². The number of aliphatic hydroxyl groups is 2. The summed E-state index contributed by atoms with van der Waals surface area (Å²) >= 11 is 0. The molecule has 0 aliphatic carbocycles. The van der Waals surface area contributed by atoms with E-state index in [0.29, 0.717) is 34.6 Å². The lowest BCUT2D eigenvalue weighted by atomic mass is 9.92. The topological polar surface area (TPSA) is 253 Å². The zero-order valence-electron chi connectivity index (χ0n) is 35.4. The second-order valence-electron chi connectivity index (χ2n) is 14.8. The number of carboxylic acid groups (broad SMARTS) is 2. The van der Waals surface area contributed by atoms with Gasteiger partial charge in [-0.05, 0) is 59.4 Å². The lowest BCUT2D eigenvalue weighted by Gasteiger charge is -2.17. The van der Waals surface area contributed by atoms with E-state index in [4.69, 9.17) is 29.2 Å². The van der Waals surface area contributed by atoms with Crippen molar-refractivity contribution in [2.75, 3.05) is 13.1 Å². The molecule has 64 heavy (non-hydrogen) atoms. The number of aliphatic carboxylic acids is 2. The van der Waals surface area contributed by atoms with Gasteiger partial charge in [-0.25, -0.2) is 19.9 Å². The maximum atomic E-state index is 11.0. The van der Waals surface area contributed by atoms with Crippen LogP contribution in [0.1, 0.15) is 57.3 Å². The quantitative estimate of drug-likeness (QED) is 0.0463. The van der Waals surface area contributed by atoms with Crippen molar-refractivity contribution in [1.29, 1.82) is 0 Å². The Morgan fingerprint density at radius 2 is 0.953 bits per heavy atom. The number of benzene rings is 2. The summed E-state index contributed by atoms with van der Waals surface area (Å²) in [5.41, 5.74) is 8.86. The molecule has 2 aromatic carbocycles. The summed E-state index contributed by atoms with van der Waals surface area (Å²) in [4.78, 5) is 47.4. The lowest BCUT2D eigenvalue weighted by Crippen LogP contribution is -2.28. The fourth-order valence-corrected chi connectivity index (χ4v) is 6.56. The van der Waals surface area contributed by atoms with E-state index in [-0.39, 0.29) is 65.4 Å². The zero-order valence-corrected chi connectivity index (χ0v) is 35.4. The molecule has 0 radical (unpaired) electrons. The van der Waals surface area contributed by atoms with Crippen LogP contribution in [-0.4, -0.2) is 87.6 Å². The Morgan fingerprint density at radius 1 is 0.547 bits per heavy atom. The van der Waals surface area contributed by atoms with Crippen LogP contribution < -0.4 is 29.6 Å². The van der Waals surface area contributed by atoms with Crippen molar-refractivity contribution in [2.45, 2.75) is 78.4 Å². The predicted octanol–water partition coefficient (Wildman–Crippen LogP) is 4.51. The van der Waals surface area contributed by atoms with Crippen LogP contribution >= 0.6 is 0 Å². The zero-order chi connectivity index (χ0) is 45.3. The predicted molar refractivity (Wildman–Crippen MR) is 231 cm³/mol. The third-order valence-corrected chi connectivity index (χ3v) is 9.95. The third kappa shape index (κ3) is 13.9. The molecular weight excluding hydrogens is 825 g/mol. The third-order valence-electron chi connectivity index (χ3n) is 9.95. The maximum Gasteiger partial charge on any atom is 0.306 e. The maximum absolute atomic E-state index is 11.0. The molecule has 0 aliphatic heterocycles. The highest BCUT2D eigenvalue weighted by Crippen LogP contribution is 2.32. The molecule has 0 saturated heterocycles. The largest absolute Gasteiger partial charge is 0.481 e. The first-order valence-electron chi connectivity index (χ1n) is 20.4. The molecule has 2 atom stereocenters. The Labute approximate surface area is 369 Å². The molecule has 6 aromatic rings. The summed E-state index contributed by atoms with van der Waals surface area (Å²) in [5, 5.41) is 44.1. The van der Waals surface area contributed by atoms with Crippen molar-refractivity contribution in [3.05, 3.63) is 143 Å². The number of ether oxygens (including phenoxy) is 4. The highest BCUT2D eigenvalue weighted by molar-refractivity contribution is 5.72. The molecule has 0 aliphatic rings. The van der Waals surface area contributed by atoms with Crippen molar-refractivity contribution in [3.63, 3.8) is 0 Å². The number of aromatic nitrogens is 6. The Kier molecular flexibility index (Phi) is 16.9. The number of nitrogens with one attached hydrogen (secondary N) is 2. The Morgan fingerprint density at radius 3 is 1.34 bits per heavy atom. The summed E-state index contributed by atoms with van der Waals surface area (Å²) < 4.78 is 24.6. The van der Waals surface area contributed by atoms with Gasteiger partial charge in [0, 0.05) is 85.4 Å². The highest BCUT2D eigenvalue weighted by atomic mass is 16.5. The summed E-state index contributed by atoms with van der Waals surface area (Å²) in [6.45, 7) is 5.52. The molecule has 0 saturated carbocycles. The van der Waals surface area contributed by atoms with Gasteiger partial charge in [-0.15, -0.1) is 0 Å². The number of hydrogen-bond acceptors (Lipinski definition) is 16. The van der Waals surface area contributed by atoms with E-state index < -0.39 is 24.1 Å². The fourth-order valence-electron chi connectivity index (χ4n) is 6.56. The normalized spacial score (nSPS) is 12.0. The van der Waals surface area contributed by atoms with Gasteiger partial charge in [0.1, 0.15) is 39.1 Å². The second-order valence-corrected chi connectivity index (χ2v) is 14.8. The fraction of sp³-hybridized carbons (Fsp3) is 0.304. The molecule has 0 bridgehead atoms. The summed E-state index contributed by atoms with van der Waals surface area (Å²) in [6.07, 6.45) is 6.59. The van der Waals surface area contributed by atoms with Crippen LogP contribution in [0.3, 0.4) is 0 Å². The number of carbonyl (C=O) groups is 2. The van der Waals surface area contributed by atoms with Gasteiger partial charge in [0.2, 0.25) is 23.5 Å². The molecule has 4 aromatic heterocycles. The van der Waals surface area contributed by atoms with Crippen molar-refractivity contribution in [2.24, 2.45) is 0 Å². The number of rotatable bonds is 25. The van der Waals surface area contributed by atoms with Gasteiger partial charge < -0.3 is 50.0 Å². The van der Waals surface area contributed by atoms with Gasteiger partial charge in [-0.2, -0.15) is 9.97 Å². The van der Waals surface area contributed by atoms with Crippen molar-refractivity contribution in [1.82, 2.24) is 40.5 Å². The number of pyridine rings is 2. The Balaban J connectivity index is 1.13. The lowest BCUT2D eigenvalue weighted by molar-refractivity contribution is -0.140. The molecule has 6 N–H and O–H groups in total. The molecular formula is C46H50N8O10. The standard InChI is InChI=1S/C46H50N8O10/c1-29-35(25-61-41-11-9-33(19-47-21-37(55)13-43(57)58)45(53-41)63-23-31-15-49-27-50-16-31)5-3-7-39(29)40-8-4-6-36(30(40)2)26-62-42-12-10-34(20-48-22-38(56)14-44(59)60)46(54-42)64-24-32-17-51-28-52-18-32/h3-12,15-18,27-28,37-38,47-48,55-56H,13-14,19-26H2,1-2H3,(H,57,58)(H,59,60)/t37-,38-/m0/s1. The number of aliphatic hydroxyl groups excluding tert-OH is 2. The second kappa shape index (κ2) is 23.4. The number of hydrogen-bond donors (Lipinski definition) is 6. The molecule has 6 rings (SSSR count). The van der Waals surface area contributed by atoms with Gasteiger partial charge in [0.25, 0.3) is 0 Å². The monoisotopic (exact) mass is 874 g/mol. The van der Waals surface area contributed by atoms with Crippen molar-refractivity contribution in [3.8, 4) is 34.6 Å². The van der Waals surface area contributed by atoms with Crippen molar-refractivity contribution < 1.29 is 49.0 Å². The van der Waals surface area contributed by atoms with Crippen LogP contribution in [0.2, 0.25) is 0 Å². The Bertz CT molecular complexity index is 2290. The first kappa shape index (κ1) is 46.4. The summed E-state index contributed by atoms with van der Waals surface area (Å²) in [5.74, 6) is -0.881. The van der Waals surface area contributed by atoms with E-state index in [2.05, 4.69) is 52.7 Å². The summed E-state index contributed by atoms with van der Waals surface area (Å²) in [7, 11) is 0. The van der Waals surface area contributed by atoms with E-state index in [1.165, 1.54) is 12.7 Å². The van der Waals surface area contributed by atoms with Crippen LogP contribution in [0.15, 0.2) is 98.1 Å². The van der Waals surface area contributed by atoms with Gasteiger partial charge in [-0.1, -0.05) is 36.4 Å². The molecule has 0 fully saturated rings. The minimum absolute atomic E-state index is 0.0711. The van der Waals surface area contributed by atoms with E-state index in [0.717, 1.165) is 44.5 Å². The number of nitrogens with zero attached hydrogens (tertiary/aromatic N) is 6. The van der Waals surface area contributed by atoms with E-state index in [1.54, 1.807) is 36.9 Å². The SMILES string of the molecule is Cc1c(COc2ccc(CNC[C@@H](O)CC(=O)O)c(OCc3cncnc3)n2)cccc1-c1cccc(COc2ccc(CNC[C@@H](O)CC(=O)O)c(OCc3cncnc3)n2)c1C. The number of carboxylic acids is 2. The molecule has 18 nitrogen and oxygen atoms in total.